The van der Waals surface area contributed by atoms with E-state index < -0.39 is 15.4 Å². The molecule has 0 aromatic rings. The zero-order valence-electron chi connectivity index (χ0n) is 12.8. The van der Waals surface area contributed by atoms with Gasteiger partial charge in [0.25, 0.3) is 0 Å². The van der Waals surface area contributed by atoms with E-state index in [2.05, 4.69) is 12.2 Å². The fourth-order valence-electron chi connectivity index (χ4n) is 3.43. The summed E-state index contributed by atoms with van der Waals surface area (Å²) in [6.07, 6.45) is 5.50. The van der Waals surface area contributed by atoms with E-state index >= 15 is 0 Å². The first-order valence-electron chi connectivity index (χ1n) is 8.01. The van der Waals surface area contributed by atoms with Gasteiger partial charge in [0, 0.05) is 13.0 Å². The Kier molecular flexibility index (Phi) is 5.30. The summed E-state index contributed by atoms with van der Waals surface area (Å²) < 4.78 is 22.7. The van der Waals surface area contributed by atoms with Crippen molar-refractivity contribution in [3.8, 4) is 0 Å². The average molecular weight is 317 g/mol. The molecule has 1 atom stereocenters. The first kappa shape index (κ1) is 16.7. The van der Waals surface area contributed by atoms with Crippen LogP contribution >= 0.6 is 0 Å². The smallest absolute Gasteiger partial charge is 0.220 e. The highest BCUT2D eigenvalue weighted by atomic mass is 32.2. The van der Waals surface area contributed by atoms with Crippen molar-refractivity contribution in [3.63, 3.8) is 0 Å². The van der Waals surface area contributed by atoms with Crippen LogP contribution in [0.1, 0.15) is 51.9 Å². The van der Waals surface area contributed by atoms with Crippen molar-refractivity contribution in [2.45, 2.75) is 57.5 Å². The number of hydrogen-bond acceptors (Lipinski definition) is 4. The van der Waals surface area contributed by atoms with E-state index in [4.69, 9.17) is 0 Å². The van der Waals surface area contributed by atoms with Crippen LogP contribution in [0.25, 0.3) is 0 Å². The first-order valence-corrected chi connectivity index (χ1v) is 9.83. The Hall–Kier alpha value is -0.620. The summed E-state index contributed by atoms with van der Waals surface area (Å²) in [5.41, 5.74) is -0.775. The van der Waals surface area contributed by atoms with Crippen LogP contribution in [0.5, 0.6) is 0 Å². The van der Waals surface area contributed by atoms with Crippen molar-refractivity contribution >= 4 is 15.7 Å². The summed E-state index contributed by atoms with van der Waals surface area (Å²) >= 11 is 0. The van der Waals surface area contributed by atoms with Crippen LogP contribution in [-0.4, -0.2) is 43.1 Å². The van der Waals surface area contributed by atoms with Gasteiger partial charge in [0.05, 0.1) is 17.1 Å². The van der Waals surface area contributed by atoms with Crippen LogP contribution in [0.4, 0.5) is 0 Å². The molecule has 0 radical (unpaired) electrons. The minimum Gasteiger partial charge on any atom is -0.388 e. The molecule has 0 aromatic heterocycles. The van der Waals surface area contributed by atoms with Crippen molar-refractivity contribution in [2.24, 2.45) is 11.8 Å². The Morgan fingerprint density at radius 2 is 1.90 bits per heavy atom. The van der Waals surface area contributed by atoms with Crippen LogP contribution in [0.2, 0.25) is 0 Å². The maximum absolute atomic E-state index is 11.9. The van der Waals surface area contributed by atoms with E-state index in [-0.39, 0.29) is 29.8 Å². The van der Waals surface area contributed by atoms with Gasteiger partial charge in [0.1, 0.15) is 0 Å². The number of nitrogens with one attached hydrogen (secondary N) is 1. The molecule has 6 heteroatoms. The van der Waals surface area contributed by atoms with Gasteiger partial charge < -0.3 is 10.4 Å². The van der Waals surface area contributed by atoms with E-state index in [0.29, 0.717) is 18.9 Å². The lowest BCUT2D eigenvalue weighted by atomic mass is 9.78. The average Bonchev–Trinajstić information content (AvgIpc) is 2.77. The normalized spacial score (nSPS) is 35.5. The van der Waals surface area contributed by atoms with Crippen molar-refractivity contribution in [2.75, 3.05) is 18.1 Å². The van der Waals surface area contributed by atoms with Gasteiger partial charge in [-0.25, -0.2) is 8.42 Å². The molecule has 1 saturated carbocycles. The van der Waals surface area contributed by atoms with Crippen molar-refractivity contribution in [1.29, 1.82) is 0 Å². The molecule has 2 N–H and O–H groups in total. The summed E-state index contributed by atoms with van der Waals surface area (Å²) in [5, 5.41) is 13.3. The molecule has 1 aliphatic carbocycles. The Morgan fingerprint density at radius 3 is 2.43 bits per heavy atom. The summed E-state index contributed by atoms with van der Waals surface area (Å²) in [4.78, 5) is 11.9. The van der Waals surface area contributed by atoms with Gasteiger partial charge in [-0.2, -0.15) is 0 Å². The Bertz CT molecular complexity index is 466. The predicted molar refractivity (Wildman–Crippen MR) is 81.6 cm³/mol. The maximum atomic E-state index is 11.9. The summed E-state index contributed by atoms with van der Waals surface area (Å²) in [7, 11) is -2.93. The van der Waals surface area contributed by atoms with Crippen molar-refractivity contribution < 1.29 is 18.3 Å². The number of carbonyl (C=O) groups is 1. The highest BCUT2D eigenvalue weighted by Gasteiger charge is 2.34. The molecule has 0 aromatic carbocycles. The zero-order chi connectivity index (χ0) is 15.5. The van der Waals surface area contributed by atoms with Gasteiger partial charge in [-0.1, -0.05) is 13.3 Å². The van der Waals surface area contributed by atoms with Crippen LogP contribution < -0.4 is 5.32 Å². The van der Waals surface area contributed by atoms with Crippen LogP contribution in [0.3, 0.4) is 0 Å². The van der Waals surface area contributed by atoms with Gasteiger partial charge in [-0.05, 0) is 43.9 Å². The summed E-state index contributed by atoms with van der Waals surface area (Å²) in [5.74, 6) is 0.837. The summed E-state index contributed by atoms with van der Waals surface area (Å²) in [6.45, 7) is 2.47. The van der Waals surface area contributed by atoms with Crippen molar-refractivity contribution in [1.82, 2.24) is 5.32 Å². The number of carbonyl (C=O) groups excluding carboxylic acids is 1. The molecule has 1 saturated heterocycles. The van der Waals surface area contributed by atoms with Gasteiger partial charge in [-0.3, -0.25) is 4.79 Å². The number of rotatable bonds is 5. The molecular weight excluding hydrogens is 290 g/mol. The van der Waals surface area contributed by atoms with E-state index in [9.17, 15) is 18.3 Å². The third kappa shape index (κ3) is 4.95. The Morgan fingerprint density at radius 1 is 1.24 bits per heavy atom. The molecule has 1 unspecified atom stereocenters. The number of aliphatic hydroxyl groups is 1. The van der Waals surface area contributed by atoms with E-state index in [1.54, 1.807) is 0 Å². The predicted octanol–water partition coefficient (Wildman–Crippen LogP) is 1.26. The SMILES string of the molecule is CCC1CCC(O)(CNC(=O)CC2CCS(=O)(=O)C2)CC1. The summed E-state index contributed by atoms with van der Waals surface area (Å²) in [6, 6.07) is 0. The third-order valence-electron chi connectivity index (χ3n) is 5.03. The van der Waals surface area contributed by atoms with Crippen LogP contribution in [-0.2, 0) is 14.6 Å². The van der Waals surface area contributed by atoms with Gasteiger partial charge in [0.2, 0.25) is 5.91 Å². The third-order valence-corrected chi connectivity index (χ3v) is 6.87. The minimum atomic E-state index is -2.93. The highest BCUT2D eigenvalue weighted by Crippen LogP contribution is 2.33. The molecule has 2 aliphatic rings. The number of amides is 1. The fourth-order valence-corrected chi connectivity index (χ4v) is 5.29. The molecule has 1 heterocycles. The van der Waals surface area contributed by atoms with Gasteiger partial charge >= 0.3 is 0 Å². The molecule has 5 nitrogen and oxygen atoms in total. The van der Waals surface area contributed by atoms with Crippen LogP contribution in [0, 0.1) is 11.8 Å². The second-order valence-electron chi connectivity index (χ2n) is 6.83. The lowest BCUT2D eigenvalue weighted by molar-refractivity contribution is -0.123. The molecule has 0 spiro atoms. The standard InChI is InChI=1S/C15H27NO4S/c1-2-12-3-6-15(18,7-4-12)11-16-14(17)9-13-5-8-21(19,20)10-13/h12-13,18H,2-11H2,1H3,(H,16,17). The Balaban J connectivity index is 1.72. The monoisotopic (exact) mass is 317 g/mol. The molecule has 1 aliphatic heterocycles. The highest BCUT2D eigenvalue weighted by molar-refractivity contribution is 7.91. The minimum absolute atomic E-state index is 0.0551. The fraction of sp³-hybridized carbons (Fsp3) is 0.933. The Labute approximate surface area is 127 Å². The molecule has 2 fully saturated rings. The van der Waals surface area contributed by atoms with Crippen LogP contribution in [0.15, 0.2) is 0 Å². The molecule has 122 valence electrons. The topological polar surface area (TPSA) is 83.5 Å². The van der Waals surface area contributed by atoms with E-state index in [1.807, 2.05) is 0 Å². The molecule has 21 heavy (non-hydrogen) atoms. The molecule has 1 amide bonds. The lowest BCUT2D eigenvalue weighted by Gasteiger charge is -2.35. The quantitative estimate of drug-likeness (QED) is 0.799. The molecule has 2 rings (SSSR count). The van der Waals surface area contributed by atoms with Crippen molar-refractivity contribution in [3.05, 3.63) is 0 Å². The maximum Gasteiger partial charge on any atom is 0.220 e. The van der Waals surface area contributed by atoms with Gasteiger partial charge in [-0.15, -0.1) is 0 Å². The first-order chi connectivity index (χ1) is 9.82. The lowest BCUT2D eigenvalue weighted by Crippen LogP contribution is -2.45. The number of hydrogen-bond donors (Lipinski definition) is 2. The largest absolute Gasteiger partial charge is 0.388 e. The van der Waals surface area contributed by atoms with E-state index in [1.165, 1.54) is 0 Å². The second-order valence-corrected chi connectivity index (χ2v) is 9.05. The molecule has 0 bridgehead atoms. The second kappa shape index (κ2) is 6.65. The molecular formula is C15H27NO4S. The number of sulfone groups is 1. The van der Waals surface area contributed by atoms with Gasteiger partial charge in [0.15, 0.2) is 9.84 Å². The zero-order valence-corrected chi connectivity index (χ0v) is 13.6. The van der Waals surface area contributed by atoms with E-state index in [0.717, 1.165) is 32.1 Å².